The minimum Gasteiger partial charge on any atom is -0.495 e. The van der Waals surface area contributed by atoms with Gasteiger partial charge in [0, 0.05) is 5.71 Å². The quantitative estimate of drug-likeness (QED) is 0.660. The standard InChI is InChI=1S/C15H21N3OS/c1-11-7-3-4-8-12(11)17-18-15(20)16-13-9-5-6-10-14(13)19-2/h5-6,9-11H,3-4,7-8H2,1-2H3,(H2,16,18,20)/t11-/m0/s1. The van der Waals surface area contributed by atoms with Crippen molar-refractivity contribution < 1.29 is 4.74 Å². The summed E-state index contributed by atoms with van der Waals surface area (Å²) in [5.74, 6) is 1.31. The van der Waals surface area contributed by atoms with Crippen molar-refractivity contribution >= 4 is 28.7 Å². The van der Waals surface area contributed by atoms with Crippen molar-refractivity contribution in [3.63, 3.8) is 0 Å². The number of nitrogens with zero attached hydrogens (tertiary/aromatic N) is 1. The van der Waals surface area contributed by atoms with Gasteiger partial charge in [0.2, 0.25) is 0 Å². The first-order valence-corrected chi connectivity index (χ1v) is 7.38. The highest BCUT2D eigenvalue weighted by Crippen LogP contribution is 2.23. The number of hydrazone groups is 1. The van der Waals surface area contributed by atoms with Crippen LogP contribution in [0.4, 0.5) is 5.69 Å². The van der Waals surface area contributed by atoms with Crippen LogP contribution >= 0.6 is 12.2 Å². The molecule has 0 spiro atoms. The van der Waals surface area contributed by atoms with Crippen molar-refractivity contribution in [1.82, 2.24) is 5.43 Å². The van der Waals surface area contributed by atoms with Crippen molar-refractivity contribution in [3.8, 4) is 5.75 Å². The van der Waals surface area contributed by atoms with Gasteiger partial charge in [0.15, 0.2) is 5.11 Å². The maximum absolute atomic E-state index is 5.27. The minimum atomic E-state index is 0.486. The van der Waals surface area contributed by atoms with E-state index in [0.29, 0.717) is 11.0 Å². The average Bonchev–Trinajstić information content (AvgIpc) is 2.47. The molecule has 2 rings (SSSR count). The van der Waals surface area contributed by atoms with E-state index in [1.54, 1.807) is 7.11 Å². The summed E-state index contributed by atoms with van der Waals surface area (Å²) in [6, 6.07) is 7.66. The molecule has 1 atom stereocenters. The molecule has 0 aromatic heterocycles. The Morgan fingerprint density at radius 3 is 2.90 bits per heavy atom. The van der Waals surface area contributed by atoms with E-state index in [4.69, 9.17) is 17.0 Å². The van der Waals surface area contributed by atoms with Gasteiger partial charge in [-0.15, -0.1) is 0 Å². The lowest BCUT2D eigenvalue weighted by atomic mass is 9.89. The van der Waals surface area contributed by atoms with Crippen molar-refractivity contribution in [1.29, 1.82) is 0 Å². The molecule has 0 bridgehead atoms. The highest BCUT2D eigenvalue weighted by atomic mass is 32.1. The highest BCUT2D eigenvalue weighted by molar-refractivity contribution is 7.80. The molecule has 4 nitrogen and oxygen atoms in total. The van der Waals surface area contributed by atoms with Crippen LogP contribution in [0, 0.1) is 5.92 Å². The van der Waals surface area contributed by atoms with Crippen molar-refractivity contribution in [3.05, 3.63) is 24.3 Å². The third-order valence-corrected chi connectivity index (χ3v) is 3.74. The van der Waals surface area contributed by atoms with E-state index in [1.165, 1.54) is 25.0 Å². The lowest BCUT2D eigenvalue weighted by Crippen LogP contribution is -2.27. The normalized spacial score (nSPS) is 20.5. The number of methoxy groups -OCH3 is 1. The van der Waals surface area contributed by atoms with Gasteiger partial charge in [0.05, 0.1) is 12.8 Å². The summed E-state index contributed by atoms with van der Waals surface area (Å²) in [7, 11) is 1.64. The molecular weight excluding hydrogens is 270 g/mol. The molecule has 5 heteroatoms. The van der Waals surface area contributed by atoms with Gasteiger partial charge >= 0.3 is 0 Å². The number of nitrogens with one attached hydrogen (secondary N) is 2. The summed E-state index contributed by atoms with van der Waals surface area (Å²) < 4.78 is 5.27. The topological polar surface area (TPSA) is 45.6 Å². The molecule has 0 unspecified atom stereocenters. The minimum absolute atomic E-state index is 0.486. The second-order valence-electron chi connectivity index (χ2n) is 5.02. The Balaban J connectivity index is 1.94. The maximum Gasteiger partial charge on any atom is 0.191 e. The smallest absolute Gasteiger partial charge is 0.191 e. The Hall–Kier alpha value is -1.62. The Morgan fingerprint density at radius 1 is 1.35 bits per heavy atom. The fourth-order valence-corrected chi connectivity index (χ4v) is 2.51. The van der Waals surface area contributed by atoms with Crippen molar-refractivity contribution in [2.45, 2.75) is 32.6 Å². The summed E-state index contributed by atoms with van der Waals surface area (Å²) in [5, 5.41) is 8.03. The summed E-state index contributed by atoms with van der Waals surface area (Å²) in [5.41, 5.74) is 4.98. The Morgan fingerprint density at radius 2 is 2.15 bits per heavy atom. The number of thiocarbonyl (C=S) groups is 1. The number of hydrogen-bond acceptors (Lipinski definition) is 3. The number of hydrogen-bond donors (Lipinski definition) is 2. The van der Waals surface area contributed by atoms with Crippen LogP contribution in [0.15, 0.2) is 29.4 Å². The van der Waals surface area contributed by atoms with Crippen LogP contribution in [0.1, 0.15) is 32.6 Å². The molecule has 108 valence electrons. The van der Waals surface area contributed by atoms with Gasteiger partial charge < -0.3 is 10.1 Å². The van der Waals surface area contributed by atoms with E-state index in [0.717, 1.165) is 17.9 Å². The van der Waals surface area contributed by atoms with Crippen LogP contribution in [0.5, 0.6) is 5.75 Å². The fraction of sp³-hybridized carbons (Fsp3) is 0.467. The lowest BCUT2D eigenvalue weighted by molar-refractivity contribution is 0.417. The van der Waals surface area contributed by atoms with Crippen LogP contribution in [-0.2, 0) is 0 Å². The van der Waals surface area contributed by atoms with E-state index in [-0.39, 0.29) is 0 Å². The first kappa shape index (κ1) is 14.8. The molecule has 0 amide bonds. The van der Waals surface area contributed by atoms with Crippen LogP contribution in [0.25, 0.3) is 0 Å². The number of rotatable bonds is 3. The van der Waals surface area contributed by atoms with Crippen LogP contribution in [-0.4, -0.2) is 17.9 Å². The largest absolute Gasteiger partial charge is 0.495 e. The first-order chi connectivity index (χ1) is 9.70. The molecule has 1 aromatic carbocycles. The second kappa shape index (κ2) is 7.24. The van der Waals surface area contributed by atoms with Gasteiger partial charge in [-0.3, -0.25) is 5.43 Å². The van der Waals surface area contributed by atoms with E-state index in [9.17, 15) is 0 Å². The number of benzene rings is 1. The molecule has 1 aliphatic rings. The lowest BCUT2D eigenvalue weighted by Gasteiger charge is -2.20. The molecular formula is C15H21N3OS. The van der Waals surface area contributed by atoms with Gasteiger partial charge in [-0.1, -0.05) is 25.5 Å². The molecule has 0 aliphatic heterocycles. The van der Waals surface area contributed by atoms with E-state index in [1.807, 2.05) is 24.3 Å². The Bertz CT molecular complexity index is 502. The van der Waals surface area contributed by atoms with Crippen molar-refractivity contribution in [2.75, 3.05) is 12.4 Å². The number of ether oxygens (including phenoxy) is 1. The predicted octanol–water partition coefficient (Wildman–Crippen LogP) is 3.55. The zero-order valence-corrected chi connectivity index (χ0v) is 12.8. The molecule has 20 heavy (non-hydrogen) atoms. The third kappa shape index (κ3) is 3.93. The predicted molar refractivity (Wildman–Crippen MR) is 87.4 cm³/mol. The summed E-state index contributed by atoms with van der Waals surface area (Å²) in [6.45, 7) is 2.22. The van der Waals surface area contributed by atoms with Crippen LogP contribution in [0.3, 0.4) is 0 Å². The molecule has 0 saturated heterocycles. The van der Waals surface area contributed by atoms with E-state index >= 15 is 0 Å². The molecule has 2 N–H and O–H groups in total. The van der Waals surface area contributed by atoms with Crippen LogP contribution in [0.2, 0.25) is 0 Å². The number of anilines is 1. The SMILES string of the molecule is COc1ccccc1NC(=S)NN=C1CCCC[C@@H]1C. The van der Waals surface area contributed by atoms with Gasteiger partial charge in [-0.05, 0) is 49.5 Å². The second-order valence-corrected chi connectivity index (χ2v) is 5.42. The molecule has 1 saturated carbocycles. The summed E-state index contributed by atoms with van der Waals surface area (Å²) in [6.07, 6.45) is 4.79. The molecule has 1 fully saturated rings. The number of para-hydroxylation sites is 2. The third-order valence-electron chi connectivity index (χ3n) is 3.55. The highest BCUT2D eigenvalue weighted by Gasteiger charge is 2.15. The van der Waals surface area contributed by atoms with Gasteiger partial charge in [0.25, 0.3) is 0 Å². The summed E-state index contributed by atoms with van der Waals surface area (Å²) >= 11 is 5.27. The Kier molecular flexibility index (Phi) is 5.35. The molecule has 1 aromatic rings. The summed E-state index contributed by atoms with van der Waals surface area (Å²) in [4.78, 5) is 0. The van der Waals surface area contributed by atoms with E-state index < -0.39 is 0 Å². The van der Waals surface area contributed by atoms with Gasteiger partial charge in [-0.2, -0.15) is 5.10 Å². The van der Waals surface area contributed by atoms with Gasteiger partial charge in [-0.25, -0.2) is 0 Å². The molecule has 0 heterocycles. The van der Waals surface area contributed by atoms with Gasteiger partial charge in [0.1, 0.15) is 5.75 Å². The zero-order valence-electron chi connectivity index (χ0n) is 12.0. The van der Waals surface area contributed by atoms with Crippen LogP contribution < -0.4 is 15.5 Å². The molecule has 1 aliphatic carbocycles. The Labute approximate surface area is 125 Å². The zero-order chi connectivity index (χ0) is 14.4. The fourth-order valence-electron chi connectivity index (χ4n) is 2.36. The first-order valence-electron chi connectivity index (χ1n) is 6.97. The maximum atomic E-state index is 5.27. The monoisotopic (exact) mass is 291 g/mol. The average molecular weight is 291 g/mol. The van der Waals surface area contributed by atoms with Crippen molar-refractivity contribution in [2.24, 2.45) is 11.0 Å². The van der Waals surface area contributed by atoms with E-state index in [2.05, 4.69) is 22.8 Å². The molecule has 0 radical (unpaired) electrons.